The van der Waals surface area contributed by atoms with Crippen molar-refractivity contribution < 1.29 is 4.58 Å². The second-order valence-corrected chi connectivity index (χ2v) is 7.72. The summed E-state index contributed by atoms with van der Waals surface area (Å²) < 4.78 is 2.51. The molecule has 2 aliphatic heterocycles. The molecule has 2 aliphatic rings. The molecule has 1 fully saturated rings. The summed E-state index contributed by atoms with van der Waals surface area (Å²) in [4.78, 5) is 4.94. The van der Waals surface area contributed by atoms with Crippen LogP contribution < -0.4 is 0 Å². The lowest BCUT2D eigenvalue weighted by Gasteiger charge is -2.22. The molecule has 2 heterocycles. The van der Waals surface area contributed by atoms with Crippen molar-refractivity contribution in [2.45, 2.75) is 46.5 Å². The van der Waals surface area contributed by atoms with E-state index >= 15 is 0 Å². The highest BCUT2D eigenvalue weighted by Gasteiger charge is 2.43. The van der Waals surface area contributed by atoms with Crippen LogP contribution in [0.15, 0.2) is 48.3 Å². The van der Waals surface area contributed by atoms with Crippen LogP contribution in [0.1, 0.15) is 46.6 Å². The van der Waals surface area contributed by atoms with Gasteiger partial charge < -0.3 is 9.80 Å². The number of hydrogen-bond donors (Lipinski definition) is 0. The molecule has 3 rings (SSSR count). The third-order valence-corrected chi connectivity index (χ3v) is 5.80. The molecule has 1 saturated heterocycles. The minimum Gasteiger partial charge on any atom is -0.357 e. The summed E-state index contributed by atoms with van der Waals surface area (Å²) in [6, 6.07) is 8.87. The van der Waals surface area contributed by atoms with Crippen LogP contribution in [0.3, 0.4) is 0 Å². The fraction of sp³-hybridized carbons (Fsp3) is 0.522. The number of nitrogens with zero attached hydrogens (tertiary/aromatic N) is 3. The van der Waals surface area contributed by atoms with Crippen LogP contribution in [-0.4, -0.2) is 52.8 Å². The molecule has 0 bridgehead atoms. The highest BCUT2D eigenvalue weighted by atomic mass is 15.4. The van der Waals surface area contributed by atoms with Crippen LogP contribution in [0.4, 0.5) is 5.69 Å². The number of rotatable bonds is 6. The normalized spacial score (nSPS) is 19.0. The van der Waals surface area contributed by atoms with Crippen LogP contribution in [-0.2, 0) is 5.41 Å². The minimum absolute atomic E-state index is 0.0470. The molecule has 140 valence electrons. The van der Waals surface area contributed by atoms with E-state index in [0.717, 1.165) is 39.1 Å². The first kappa shape index (κ1) is 18.8. The number of allylic oxidation sites excluding steroid dienone is 3. The van der Waals surface area contributed by atoms with Crippen molar-refractivity contribution in [2.75, 3.05) is 32.7 Å². The SMILES string of the molecule is CCC[N+]1=C(/C=C/C=C2N(CC)CCN2CC)C(C)(C)c2ccccc21. The molecule has 0 unspecified atom stereocenters. The number of likely N-dealkylation sites (N-methyl/N-ethyl adjacent to an activating group) is 2. The zero-order chi connectivity index (χ0) is 18.7. The molecule has 0 atom stereocenters. The standard InChI is InChI=1S/C23H34N3/c1-6-16-26-20-13-10-9-12-19(20)23(4,5)21(26)14-11-15-22-24(7-2)17-18-25(22)8-3/h9-15H,6-8,16-18H2,1-5H3/q+1. The van der Waals surface area contributed by atoms with E-state index < -0.39 is 0 Å². The molecule has 0 aliphatic carbocycles. The lowest BCUT2D eigenvalue weighted by molar-refractivity contribution is -0.437. The molecular weight excluding hydrogens is 318 g/mol. The van der Waals surface area contributed by atoms with E-state index in [1.54, 1.807) is 0 Å². The van der Waals surface area contributed by atoms with Crippen molar-refractivity contribution in [3.63, 3.8) is 0 Å². The summed E-state index contributed by atoms with van der Waals surface area (Å²) >= 11 is 0. The summed E-state index contributed by atoms with van der Waals surface area (Å²) in [5, 5.41) is 0. The van der Waals surface area contributed by atoms with Gasteiger partial charge in [-0.25, -0.2) is 0 Å². The maximum atomic E-state index is 2.51. The maximum absolute atomic E-state index is 2.51. The average molecular weight is 353 g/mol. The third-order valence-electron chi connectivity index (χ3n) is 5.80. The Labute approximate surface area is 159 Å². The van der Waals surface area contributed by atoms with Gasteiger partial charge in [0.2, 0.25) is 5.69 Å². The van der Waals surface area contributed by atoms with Crippen molar-refractivity contribution in [3.05, 3.63) is 53.9 Å². The quantitative estimate of drug-likeness (QED) is 0.696. The van der Waals surface area contributed by atoms with Gasteiger partial charge in [0.05, 0.1) is 5.41 Å². The lowest BCUT2D eigenvalue weighted by atomic mass is 9.81. The van der Waals surface area contributed by atoms with Crippen molar-refractivity contribution in [2.24, 2.45) is 0 Å². The van der Waals surface area contributed by atoms with E-state index in [-0.39, 0.29) is 5.41 Å². The molecule has 0 aromatic heterocycles. The van der Waals surface area contributed by atoms with Gasteiger partial charge in [-0.1, -0.05) is 31.2 Å². The molecule has 3 heteroatoms. The van der Waals surface area contributed by atoms with Gasteiger partial charge in [-0.05, 0) is 33.8 Å². The van der Waals surface area contributed by atoms with Crippen LogP contribution >= 0.6 is 0 Å². The summed E-state index contributed by atoms with van der Waals surface area (Å²) in [5.41, 5.74) is 4.26. The van der Waals surface area contributed by atoms with Gasteiger partial charge in [-0.15, -0.1) is 0 Å². The van der Waals surface area contributed by atoms with Crippen molar-refractivity contribution in [1.29, 1.82) is 0 Å². The predicted molar refractivity (Wildman–Crippen MR) is 111 cm³/mol. The molecule has 0 N–H and O–H groups in total. The van der Waals surface area contributed by atoms with E-state index in [0.29, 0.717) is 0 Å². The maximum Gasteiger partial charge on any atom is 0.209 e. The van der Waals surface area contributed by atoms with Crippen molar-refractivity contribution >= 4 is 11.4 Å². The number of benzene rings is 1. The zero-order valence-electron chi connectivity index (χ0n) is 17.1. The zero-order valence-corrected chi connectivity index (χ0v) is 17.1. The van der Waals surface area contributed by atoms with E-state index in [9.17, 15) is 0 Å². The van der Waals surface area contributed by atoms with Crippen molar-refractivity contribution in [3.8, 4) is 0 Å². The first-order valence-electron chi connectivity index (χ1n) is 10.2. The highest BCUT2D eigenvalue weighted by Crippen LogP contribution is 2.39. The smallest absolute Gasteiger partial charge is 0.209 e. The first-order valence-corrected chi connectivity index (χ1v) is 10.2. The second kappa shape index (κ2) is 7.69. The molecule has 0 amide bonds. The summed E-state index contributed by atoms with van der Waals surface area (Å²) in [5.74, 6) is 1.36. The Kier molecular flexibility index (Phi) is 5.55. The molecular formula is C23H34N3+. The van der Waals surface area contributed by atoms with Crippen LogP contribution in [0.5, 0.6) is 0 Å². The Morgan fingerprint density at radius 3 is 2.31 bits per heavy atom. The van der Waals surface area contributed by atoms with Crippen LogP contribution in [0, 0.1) is 0 Å². The minimum atomic E-state index is 0.0470. The summed E-state index contributed by atoms with van der Waals surface area (Å²) in [7, 11) is 0. The molecule has 0 saturated carbocycles. The second-order valence-electron chi connectivity index (χ2n) is 7.72. The molecule has 1 aromatic carbocycles. The fourth-order valence-electron chi connectivity index (χ4n) is 4.35. The van der Waals surface area contributed by atoms with Gasteiger partial charge in [-0.3, -0.25) is 0 Å². The Morgan fingerprint density at radius 2 is 1.69 bits per heavy atom. The topological polar surface area (TPSA) is 9.49 Å². The number of para-hydroxylation sites is 1. The van der Waals surface area contributed by atoms with Gasteiger partial charge in [0, 0.05) is 50.3 Å². The van der Waals surface area contributed by atoms with E-state index in [4.69, 9.17) is 0 Å². The third kappa shape index (κ3) is 3.20. The Balaban J connectivity index is 1.95. The van der Waals surface area contributed by atoms with E-state index in [1.807, 2.05) is 0 Å². The fourth-order valence-corrected chi connectivity index (χ4v) is 4.35. The molecule has 1 aromatic rings. The summed E-state index contributed by atoms with van der Waals surface area (Å²) in [6.07, 6.45) is 8.05. The number of hydrogen-bond acceptors (Lipinski definition) is 2. The van der Waals surface area contributed by atoms with E-state index in [1.165, 1.54) is 22.8 Å². The van der Waals surface area contributed by atoms with Gasteiger partial charge >= 0.3 is 0 Å². The predicted octanol–water partition coefficient (Wildman–Crippen LogP) is 4.53. The highest BCUT2D eigenvalue weighted by molar-refractivity contribution is 6.03. The van der Waals surface area contributed by atoms with Gasteiger partial charge in [0.1, 0.15) is 12.4 Å². The molecule has 0 radical (unpaired) electrons. The molecule has 3 nitrogen and oxygen atoms in total. The summed E-state index contributed by atoms with van der Waals surface area (Å²) in [6.45, 7) is 16.9. The average Bonchev–Trinajstić information content (AvgIpc) is 3.14. The monoisotopic (exact) mass is 352 g/mol. The Morgan fingerprint density at radius 1 is 1.04 bits per heavy atom. The van der Waals surface area contributed by atoms with Crippen LogP contribution in [0.25, 0.3) is 0 Å². The Hall–Kier alpha value is -2.03. The first-order chi connectivity index (χ1) is 12.5. The molecule has 26 heavy (non-hydrogen) atoms. The number of fused-ring (bicyclic) bond motifs is 1. The largest absolute Gasteiger partial charge is 0.357 e. The van der Waals surface area contributed by atoms with Gasteiger partial charge in [0.25, 0.3) is 0 Å². The lowest BCUT2D eigenvalue weighted by Crippen LogP contribution is -2.28. The van der Waals surface area contributed by atoms with Crippen molar-refractivity contribution in [1.82, 2.24) is 9.80 Å². The molecule has 0 spiro atoms. The van der Waals surface area contributed by atoms with Gasteiger partial charge in [-0.2, -0.15) is 4.58 Å². The van der Waals surface area contributed by atoms with E-state index in [2.05, 4.69) is 91.5 Å². The van der Waals surface area contributed by atoms with Crippen LogP contribution in [0.2, 0.25) is 0 Å². The Bertz CT molecular complexity index is 726. The van der Waals surface area contributed by atoms with Gasteiger partial charge in [0.15, 0.2) is 5.71 Å².